The minimum Gasteiger partial charge on any atom is -0.492 e. The molecule has 32 heavy (non-hydrogen) atoms. The summed E-state index contributed by atoms with van der Waals surface area (Å²) in [6, 6.07) is 11.6. The van der Waals surface area contributed by atoms with E-state index >= 15 is 0 Å². The smallest absolute Gasteiger partial charge is 0.251 e. The van der Waals surface area contributed by atoms with E-state index in [-0.39, 0.29) is 5.91 Å². The molecular weight excluding hydrogens is 432 g/mol. The topological polar surface area (TPSA) is 69.3 Å². The molecule has 1 saturated heterocycles. The molecule has 0 spiro atoms. The fourth-order valence-corrected chi connectivity index (χ4v) is 4.15. The summed E-state index contributed by atoms with van der Waals surface area (Å²) in [5.74, 6) is 1.55. The molecule has 0 bridgehead atoms. The highest BCUT2D eigenvalue weighted by Gasteiger charge is 2.20. The van der Waals surface area contributed by atoms with Crippen LogP contribution in [0.4, 0.5) is 0 Å². The minimum atomic E-state index is -0.228. The van der Waals surface area contributed by atoms with Crippen molar-refractivity contribution in [1.29, 1.82) is 0 Å². The first-order chi connectivity index (χ1) is 15.6. The molecule has 172 valence electrons. The Morgan fingerprint density at radius 1 is 1.16 bits per heavy atom. The molecule has 8 heteroatoms. The zero-order valence-corrected chi connectivity index (χ0v) is 19.0. The van der Waals surface area contributed by atoms with Crippen LogP contribution in [0.15, 0.2) is 36.4 Å². The van der Waals surface area contributed by atoms with Crippen molar-refractivity contribution < 1.29 is 23.7 Å². The van der Waals surface area contributed by atoms with Crippen molar-refractivity contribution in [2.24, 2.45) is 0 Å². The number of likely N-dealkylation sites (N-methyl/N-ethyl adjacent to an activating group) is 1. The van der Waals surface area contributed by atoms with E-state index in [1.165, 1.54) is 0 Å². The zero-order chi connectivity index (χ0) is 22.3. The molecule has 4 rings (SSSR count). The Bertz CT molecular complexity index is 933. The molecule has 1 N–H and O–H groups in total. The van der Waals surface area contributed by atoms with Gasteiger partial charge in [-0.3, -0.25) is 9.69 Å². The van der Waals surface area contributed by atoms with Crippen LogP contribution in [0.2, 0.25) is 5.02 Å². The van der Waals surface area contributed by atoms with Crippen molar-refractivity contribution in [2.45, 2.75) is 25.4 Å². The molecule has 2 aliphatic rings. The second-order valence-corrected chi connectivity index (χ2v) is 8.39. The molecule has 1 fully saturated rings. The average molecular weight is 461 g/mol. The Hall–Kier alpha value is -2.48. The van der Waals surface area contributed by atoms with E-state index in [2.05, 4.69) is 17.3 Å². The maximum Gasteiger partial charge on any atom is 0.251 e. The molecule has 2 aromatic rings. The summed E-state index contributed by atoms with van der Waals surface area (Å²) in [4.78, 5) is 15.0. The summed E-state index contributed by atoms with van der Waals surface area (Å²) in [6.07, 6.45) is 2.14. The molecule has 0 aromatic heterocycles. The fourth-order valence-electron chi connectivity index (χ4n) is 3.89. The van der Waals surface area contributed by atoms with Gasteiger partial charge in [-0.25, -0.2) is 0 Å². The number of hydrogen-bond acceptors (Lipinski definition) is 6. The van der Waals surface area contributed by atoms with E-state index in [4.69, 9.17) is 30.5 Å². The second-order valence-electron chi connectivity index (χ2n) is 7.98. The van der Waals surface area contributed by atoms with Crippen molar-refractivity contribution >= 4 is 17.5 Å². The number of amides is 1. The highest BCUT2D eigenvalue weighted by Crippen LogP contribution is 2.38. The van der Waals surface area contributed by atoms with Crippen molar-refractivity contribution in [3.05, 3.63) is 52.5 Å². The summed E-state index contributed by atoms with van der Waals surface area (Å²) in [7, 11) is 2.13. The van der Waals surface area contributed by atoms with Crippen molar-refractivity contribution in [3.8, 4) is 17.2 Å². The van der Waals surface area contributed by atoms with Crippen LogP contribution in [0.1, 0.15) is 28.8 Å². The lowest BCUT2D eigenvalue weighted by molar-refractivity contribution is 0.0392. The number of carbonyl (C=O) groups is 1. The lowest BCUT2D eigenvalue weighted by Gasteiger charge is -2.31. The lowest BCUT2D eigenvalue weighted by Crippen LogP contribution is -2.38. The molecule has 2 heterocycles. The van der Waals surface area contributed by atoms with Gasteiger partial charge in [-0.2, -0.15) is 0 Å². The summed E-state index contributed by atoms with van der Waals surface area (Å²) in [5, 5.41) is 3.29. The predicted molar refractivity (Wildman–Crippen MR) is 122 cm³/mol. The van der Waals surface area contributed by atoms with E-state index < -0.39 is 0 Å². The maximum atomic E-state index is 12.6. The number of halogens is 1. The van der Waals surface area contributed by atoms with Crippen LogP contribution < -0.4 is 19.5 Å². The number of hydrogen-bond donors (Lipinski definition) is 1. The van der Waals surface area contributed by atoms with Gasteiger partial charge in [-0.05, 0) is 49.7 Å². The molecule has 0 radical (unpaired) electrons. The first-order valence-electron chi connectivity index (χ1n) is 11.0. The van der Waals surface area contributed by atoms with Crippen molar-refractivity contribution in [1.82, 2.24) is 10.2 Å². The normalized spacial score (nSPS) is 16.1. The number of nitrogens with zero attached hydrogens (tertiary/aromatic N) is 1. The van der Waals surface area contributed by atoms with E-state index in [0.717, 1.165) is 43.9 Å². The van der Waals surface area contributed by atoms with Gasteiger partial charge >= 0.3 is 0 Å². The number of rotatable bonds is 8. The Labute approximate surface area is 193 Å². The zero-order valence-electron chi connectivity index (χ0n) is 18.3. The predicted octanol–water partition coefficient (Wildman–Crippen LogP) is 3.53. The summed E-state index contributed by atoms with van der Waals surface area (Å²) in [5.41, 5.74) is 1.39. The maximum absolute atomic E-state index is 12.6. The van der Waals surface area contributed by atoms with Gasteiger partial charge in [-0.1, -0.05) is 23.7 Å². The van der Waals surface area contributed by atoms with Crippen LogP contribution in [0.3, 0.4) is 0 Å². The lowest BCUT2D eigenvalue weighted by atomic mass is 10.1. The number of fused-ring (bicyclic) bond motifs is 1. The molecule has 1 amide bonds. The van der Waals surface area contributed by atoms with E-state index in [1.54, 1.807) is 12.1 Å². The third kappa shape index (κ3) is 5.85. The Morgan fingerprint density at radius 2 is 1.97 bits per heavy atom. The summed E-state index contributed by atoms with van der Waals surface area (Å²) in [6.45, 7) is 4.40. The van der Waals surface area contributed by atoms with Gasteiger partial charge in [0.15, 0.2) is 11.5 Å². The molecule has 0 saturated carbocycles. The Morgan fingerprint density at radius 3 is 2.81 bits per heavy atom. The van der Waals surface area contributed by atoms with Crippen LogP contribution in [0.5, 0.6) is 17.2 Å². The standard InChI is InChI=1S/C24H29ClN2O5/c1-27(19-5-8-29-9-6-19)7-10-30-20-4-2-3-17(13-20)16-26-24(28)18-14-21(25)23-22(15-18)31-11-12-32-23/h2-4,13-15,19H,5-12,16H2,1H3,(H,26,28). The third-order valence-corrected chi connectivity index (χ3v) is 6.02. The molecule has 2 aliphatic heterocycles. The average Bonchev–Trinajstić information content (AvgIpc) is 2.83. The van der Waals surface area contributed by atoms with E-state index in [0.29, 0.717) is 54.5 Å². The quantitative estimate of drug-likeness (QED) is 0.650. The number of carbonyl (C=O) groups excluding carboxylic acids is 1. The van der Waals surface area contributed by atoms with Crippen LogP contribution >= 0.6 is 11.6 Å². The van der Waals surface area contributed by atoms with Crippen LogP contribution in [0.25, 0.3) is 0 Å². The summed E-state index contributed by atoms with van der Waals surface area (Å²) >= 11 is 6.24. The molecule has 0 atom stereocenters. The van der Waals surface area contributed by atoms with Gasteiger partial charge in [0.25, 0.3) is 5.91 Å². The molecule has 0 aliphatic carbocycles. The van der Waals surface area contributed by atoms with Crippen LogP contribution in [0, 0.1) is 0 Å². The van der Waals surface area contributed by atoms with E-state index in [1.807, 2.05) is 24.3 Å². The summed E-state index contributed by atoms with van der Waals surface area (Å²) < 4.78 is 22.4. The highest BCUT2D eigenvalue weighted by atomic mass is 35.5. The van der Waals surface area contributed by atoms with Gasteiger partial charge in [0.1, 0.15) is 25.6 Å². The fraction of sp³-hybridized carbons (Fsp3) is 0.458. The van der Waals surface area contributed by atoms with Gasteiger partial charge in [-0.15, -0.1) is 0 Å². The van der Waals surface area contributed by atoms with Crippen LogP contribution in [-0.2, 0) is 11.3 Å². The Balaban J connectivity index is 1.27. The number of benzene rings is 2. The number of nitrogens with one attached hydrogen (secondary N) is 1. The molecule has 0 unspecified atom stereocenters. The van der Waals surface area contributed by atoms with Gasteiger partial charge in [0.2, 0.25) is 0 Å². The highest BCUT2D eigenvalue weighted by molar-refractivity contribution is 6.32. The monoisotopic (exact) mass is 460 g/mol. The largest absolute Gasteiger partial charge is 0.492 e. The van der Waals surface area contributed by atoms with E-state index in [9.17, 15) is 4.79 Å². The molecular formula is C24H29ClN2O5. The van der Waals surface area contributed by atoms with Gasteiger partial charge in [0.05, 0.1) is 5.02 Å². The second kappa shape index (κ2) is 10.9. The van der Waals surface area contributed by atoms with Crippen molar-refractivity contribution in [2.75, 3.05) is 46.6 Å². The SMILES string of the molecule is CN(CCOc1cccc(CNC(=O)c2cc(Cl)c3c(c2)OCCO3)c1)C1CCOCC1. The van der Waals surface area contributed by atoms with Crippen LogP contribution in [-0.4, -0.2) is 63.5 Å². The Kier molecular flexibility index (Phi) is 7.73. The van der Waals surface area contributed by atoms with Gasteiger partial charge in [0, 0.05) is 37.9 Å². The number of ether oxygens (including phenoxy) is 4. The molecule has 7 nitrogen and oxygen atoms in total. The first-order valence-corrected chi connectivity index (χ1v) is 11.3. The first kappa shape index (κ1) is 22.7. The minimum absolute atomic E-state index is 0.228. The van der Waals surface area contributed by atoms with Gasteiger partial charge < -0.3 is 24.3 Å². The molecule has 2 aromatic carbocycles. The van der Waals surface area contributed by atoms with Crippen molar-refractivity contribution in [3.63, 3.8) is 0 Å². The third-order valence-electron chi connectivity index (χ3n) is 5.74.